The highest BCUT2D eigenvalue weighted by atomic mass is 16.7. The van der Waals surface area contributed by atoms with Crippen LogP contribution < -0.4 is 11.1 Å². The highest BCUT2D eigenvalue weighted by Crippen LogP contribution is 2.80. The lowest BCUT2D eigenvalue weighted by molar-refractivity contribution is -0.344. The van der Waals surface area contributed by atoms with Crippen LogP contribution in [-0.2, 0) is 19.1 Å². The molecule has 2 saturated heterocycles. The number of H-pyrrole nitrogens is 1. The number of aliphatic carboxylic acids is 1. The molecule has 4 saturated carbocycles. The molecule has 8 aliphatic rings. The molecule has 402 valence electrons. The Kier molecular flexibility index (Phi) is 15.1. The zero-order valence-electron chi connectivity index (χ0n) is 43.3. The number of carbonyl (C=O) groups excluding carboxylic acids is 1. The van der Waals surface area contributed by atoms with E-state index in [0.717, 1.165) is 37.8 Å². The van der Waals surface area contributed by atoms with E-state index in [4.69, 9.17) is 15.2 Å². The van der Waals surface area contributed by atoms with Crippen molar-refractivity contribution in [2.24, 2.45) is 85.6 Å². The predicted molar refractivity (Wildman–Crippen MR) is 266 cm³/mol. The minimum atomic E-state index is -1.67. The van der Waals surface area contributed by atoms with Crippen molar-refractivity contribution >= 4 is 11.9 Å². The van der Waals surface area contributed by atoms with Crippen LogP contribution in [-0.4, -0.2) is 139 Å². The summed E-state index contributed by atoms with van der Waals surface area (Å²) in [6.45, 7) is 10.1. The number of carboxylic acids is 1. The van der Waals surface area contributed by atoms with E-state index >= 15 is 0 Å². The molecule has 2 aliphatic heterocycles. The average molecular weight is 1010 g/mol. The monoisotopic (exact) mass is 1010 g/mol. The molecule has 22 atom stereocenters. The molecule has 72 heavy (non-hydrogen) atoms. The number of carbonyl (C=O) groups is 2. The van der Waals surface area contributed by atoms with Crippen molar-refractivity contribution in [2.75, 3.05) is 33.0 Å². The van der Waals surface area contributed by atoms with Crippen LogP contribution in [0.2, 0.25) is 0 Å². The quantitative estimate of drug-likeness (QED) is 0.0484. The van der Waals surface area contributed by atoms with E-state index in [1.165, 1.54) is 5.57 Å². The van der Waals surface area contributed by atoms with Gasteiger partial charge in [0, 0.05) is 65.5 Å². The van der Waals surface area contributed by atoms with E-state index in [2.05, 4.69) is 60.9 Å². The number of hydrogen-bond donors (Lipinski definition) is 11. The number of nitrogens with zero attached hydrogens (tertiary/aromatic N) is 1. The fourth-order valence-electron chi connectivity index (χ4n) is 18.5. The largest absolute Gasteiger partial charge is 0.481 e. The van der Waals surface area contributed by atoms with Crippen molar-refractivity contribution in [1.82, 2.24) is 15.3 Å². The zero-order valence-corrected chi connectivity index (χ0v) is 43.3. The van der Waals surface area contributed by atoms with Crippen LogP contribution in [0.25, 0.3) is 0 Å². The van der Waals surface area contributed by atoms with Crippen LogP contribution in [0.1, 0.15) is 143 Å². The Balaban J connectivity index is 1.28. The zero-order chi connectivity index (χ0) is 51.8. The lowest BCUT2D eigenvalue weighted by atomic mass is 9.29. The molecule has 16 nitrogen and oxygen atoms in total. The first kappa shape index (κ1) is 53.9. The molecule has 12 N–H and O–H groups in total. The van der Waals surface area contributed by atoms with Crippen molar-refractivity contribution in [1.29, 1.82) is 0 Å². The molecule has 6 aliphatic carbocycles. The molecule has 4 bridgehead atoms. The molecule has 22 unspecified atom stereocenters. The molecule has 0 aromatic carbocycles. The van der Waals surface area contributed by atoms with Gasteiger partial charge in [-0.05, 0) is 117 Å². The molecule has 16 heteroatoms. The number of aliphatic hydroxyl groups excluding tert-OH is 7. The van der Waals surface area contributed by atoms with Gasteiger partial charge in [-0.25, -0.2) is 4.98 Å². The Morgan fingerprint density at radius 2 is 1.76 bits per heavy atom. The van der Waals surface area contributed by atoms with Gasteiger partial charge in [-0.15, -0.1) is 5.92 Å². The van der Waals surface area contributed by atoms with E-state index in [0.29, 0.717) is 70.8 Å². The van der Waals surface area contributed by atoms with Crippen LogP contribution in [0.4, 0.5) is 0 Å². The van der Waals surface area contributed by atoms with Gasteiger partial charge in [-0.1, -0.05) is 71.5 Å². The van der Waals surface area contributed by atoms with Crippen LogP contribution in [0, 0.1) is 91.7 Å². The number of hydrogen-bond acceptors (Lipinski definition) is 13. The molecule has 1 aromatic rings. The fourth-order valence-corrected chi connectivity index (χ4v) is 18.5. The lowest BCUT2D eigenvalue weighted by Gasteiger charge is -2.75. The minimum absolute atomic E-state index is 0.00241. The van der Waals surface area contributed by atoms with Gasteiger partial charge in [0.2, 0.25) is 5.91 Å². The average Bonchev–Trinajstić information content (AvgIpc) is 4.01. The van der Waals surface area contributed by atoms with E-state index in [1.807, 2.05) is 6.92 Å². The predicted octanol–water partition coefficient (Wildman–Crippen LogP) is 4.01. The highest BCUT2D eigenvalue weighted by Gasteiger charge is 2.77. The second-order valence-corrected chi connectivity index (χ2v) is 25.2. The molecule has 6 fully saturated rings. The third-order valence-electron chi connectivity index (χ3n) is 21.9. The number of nitrogens with two attached hydrogens (primary N) is 1. The normalized spacial score (nSPS) is 48.0. The number of unbranched alkanes of at least 4 members (excludes halogenated alkanes) is 2. The maximum Gasteiger partial charge on any atom is 0.310 e. The Labute approximate surface area is 425 Å². The number of rotatable bonds is 16. The van der Waals surface area contributed by atoms with Gasteiger partial charge in [-0.3, -0.25) is 9.59 Å². The van der Waals surface area contributed by atoms with Crippen molar-refractivity contribution in [3.05, 3.63) is 29.9 Å². The van der Waals surface area contributed by atoms with E-state index < -0.39 is 118 Å². The van der Waals surface area contributed by atoms with Gasteiger partial charge in [0.15, 0.2) is 6.29 Å². The van der Waals surface area contributed by atoms with E-state index in [1.54, 1.807) is 12.5 Å². The molecular weight excluding hydrogens is 921 g/mol. The van der Waals surface area contributed by atoms with E-state index in [-0.39, 0.29) is 48.7 Å². The van der Waals surface area contributed by atoms with Gasteiger partial charge in [0.05, 0.1) is 49.7 Å². The van der Waals surface area contributed by atoms with Crippen LogP contribution in [0.5, 0.6) is 0 Å². The number of imidazole rings is 1. The van der Waals surface area contributed by atoms with Crippen LogP contribution in [0.3, 0.4) is 0 Å². The van der Waals surface area contributed by atoms with Crippen molar-refractivity contribution in [3.63, 3.8) is 0 Å². The topological polar surface area (TPSA) is 281 Å². The first-order chi connectivity index (χ1) is 34.3. The van der Waals surface area contributed by atoms with Crippen molar-refractivity contribution < 1.29 is 59.9 Å². The summed E-state index contributed by atoms with van der Waals surface area (Å²) in [4.78, 5) is 36.2. The molecule has 1 aromatic heterocycles. The van der Waals surface area contributed by atoms with Crippen molar-refractivity contribution in [3.8, 4) is 11.8 Å². The summed E-state index contributed by atoms with van der Waals surface area (Å²) >= 11 is 0. The molecule has 0 radical (unpaired) electrons. The third-order valence-corrected chi connectivity index (χ3v) is 21.9. The number of amides is 1. The maximum atomic E-state index is 14.4. The van der Waals surface area contributed by atoms with E-state index in [9.17, 15) is 50.4 Å². The second-order valence-electron chi connectivity index (χ2n) is 25.2. The Morgan fingerprint density at radius 1 is 0.986 bits per heavy atom. The lowest BCUT2D eigenvalue weighted by Crippen LogP contribution is -2.74. The van der Waals surface area contributed by atoms with Crippen LogP contribution >= 0.6 is 0 Å². The smallest absolute Gasteiger partial charge is 0.310 e. The number of ether oxygens (including phenoxy) is 2. The summed E-state index contributed by atoms with van der Waals surface area (Å²) in [6, 6.07) is -0.569. The summed E-state index contributed by atoms with van der Waals surface area (Å²) in [7, 11) is 0. The third kappa shape index (κ3) is 8.01. The standard InChI is InChI=1S/C56H86N4O12/c1-6-7-8-12-31-23-55(50(69)70)21-20-51(2,28-62)24-36(55)35-15-16-40-53(4)19-17-39-52(3,29-63)47(72-49-46(67)44(65)38(64)27-71-49)45(66)42(54(39,40)5)33(13-9-10-18-56(31,35)53)41-34(26-61)48(68)60-43(41)32(14-11-22-57)37-25-58-30-59-37/h15,25,30-34,36,38-47,49,61-67H,6-8,10-12,14,16-24,26-29,57H2,1-5H3,(H,58,59)(H,60,68)(H,69,70). The maximum absolute atomic E-state index is 14.4. The Bertz CT molecular complexity index is 2220. The van der Waals surface area contributed by atoms with Gasteiger partial charge in [0.25, 0.3) is 0 Å². The molecule has 1 amide bonds. The van der Waals surface area contributed by atoms with Crippen molar-refractivity contribution in [2.45, 2.75) is 180 Å². The SMILES string of the molecule is CCCCCC1CC2(C(=O)O)CCC(C)(CO)CC2C2=CCC3C4(C)C5C(O)C(OC6OCC(O)C(O)C6O)C(C)(CO)C4CCC3(C)C21CCC#CC5C1C(CO)C(=O)NC1C(CCCN)c1cnc[nH]1. The highest BCUT2D eigenvalue weighted by molar-refractivity contribution is 5.82. The number of aliphatic hydroxyl groups is 7. The van der Waals surface area contributed by atoms with Crippen LogP contribution in [0.15, 0.2) is 24.2 Å². The molecule has 3 heterocycles. The Hall–Kier alpha value is -2.95. The minimum Gasteiger partial charge on any atom is -0.481 e. The van der Waals surface area contributed by atoms with Gasteiger partial charge in [0.1, 0.15) is 18.3 Å². The molecule has 9 rings (SSSR count). The van der Waals surface area contributed by atoms with Gasteiger partial charge >= 0.3 is 5.97 Å². The number of fused-ring (bicyclic) bond motifs is 2. The number of carboxylic acid groups (broad SMARTS) is 1. The summed E-state index contributed by atoms with van der Waals surface area (Å²) in [5, 5.41) is 95.7. The first-order valence-electron chi connectivity index (χ1n) is 27.5. The summed E-state index contributed by atoms with van der Waals surface area (Å²) in [5.74, 6) is 2.24. The first-order valence-corrected chi connectivity index (χ1v) is 27.5. The summed E-state index contributed by atoms with van der Waals surface area (Å²) in [6.07, 6.45) is 7.41. The van der Waals surface area contributed by atoms with Gasteiger partial charge < -0.3 is 66.4 Å². The second kappa shape index (κ2) is 20.2. The molecule has 1 spiro atoms. The number of allylic oxidation sites excluding steroid dienone is 2. The summed E-state index contributed by atoms with van der Waals surface area (Å²) < 4.78 is 12.7. The Morgan fingerprint density at radius 3 is 2.43 bits per heavy atom. The molecular formula is C56H86N4O12. The number of aromatic nitrogens is 2. The number of aromatic amines is 1. The number of nitrogens with one attached hydrogen (secondary N) is 2. The summed E-state index contributed by atoms with van der Waals surface area (Å²) in [5.41, 5.74) is 3.72. The van der Waals surface area contributed by atoms with Gasteiger partial charge in [-0.2, -0.15) is 0 Å². The fraction of sp³-hybridized carbons (Fsp3) is 0.839.